The van der Waals surface area contributed by atoms with Crippen LogP contribution in [0.4, 0.5) is 5.00 Å². The van der Waals surface area contributed by atoms with Gasteiger partial charge in [-0.15, -0.1) is 11.3 Å². The van der Waals surface area contributed by atoms with E-state index in [1.165, 1.54) is 11.3 Å². The fourth-order valence-electron chi connectivity index (χ4n) is 1.71. The van der Waals surface area contributed by atoms with Crippen molar-refractivity contribution in [3.8, 4) is 0 Å². The Morgan fingerprint density at radius 1 is 1.33 bits per heavy atom. The van der Waals surface area contributed by atoms with E-state index in [9.17, 15) is 14.7 Å². The van der Waals surface area contributed by atoms with E-state index in [0.29, 0.717) is 26.5 Å². The average Bonchev–Trinajstić information content (AvgIpc) is 2.81. The van der Waals surface area contributed by atoms with Crippen LogP contribution in [0.15, 0.2) is 28.7 Å². The minimum Gasteiger partial charge on any atom is -0.478 e. The molecule has 0 spiro atoms. The molecule has 0 saturated heterocycles. The summed E-state index contributed by atoms with van der Waals surface area (Å²) in [5.74, 6) is -1.44. The van der Waals surface area contributed by atoms with E-state index >= 15 is 0 Å². The third-order valence-corrected chi connectivity index (χ3v) is 4.85. The molecule has 110 valence electrons. The van der Waals surface area contributed by atoms with Gasteiger partial charge in [0.05, 0.1) is 11.1 Å². The van der Waals surface area contributed by atoms with Crippen LogP contribution in [0.5, 0.6) is 0 Å². The van der Waals surface area contributed by atoms with Gasteiger partial charge in [0.1, 0.15) is 5.00 Å². The lowest BCUT2D eigenvalue weighted by molar-refractivity contribution is 0.0698. The van der Waals surface area contributed by atoms with Gasteiger partial charge in [0.25, 0.3) is 5.91 Å². The molecule has 0 aliphatic carbocycles. The number of amides is 1. The minimum atomic E-state index is -1.06. The molecule has 2 aromatic rings. The van der Waals surface area contributed by atoms with Gasteiger partial charge >= 0.3 is 5.97 Å². The maximum absolute atomic E-state index is 12.2. The fourth-order valence-corrected chi connectivity index (χ4v) is 3.56. The molecule has 21 heavy (non-hydrogen) atoms. The second kappa shape index (κ2) is 6.60. The Labute approximate surface area is 138 Å². The lowest BCUT2D eigenvalue weighted by Crippen LogP contribution is -2.13. The van der Waals surface area contributed by atoms with Gasteiger partial charge < -0.3 is 10.4 Å². The summed E-state index contributed by atoms with van der Waals surface area (Å²) in [6.45, 7) is 1.93. The lowest BCUT2D eigenvalue weighted by Gasteiger charge is -2.06. The first-order valence-corrected chi connectivity index (χ1v) is 8.03. The van der Waals surface area contributed by atoms with Crippen molar-refractivity contribution < 1.29 is 14.7 Å². The van der Waals surface area contributed by atoms with E-state index in [1.807, 2.05) is 6.92 Å². The van der Waals surface area contributed by atoms with Crippen molar-refractivity contribution in [2.24, 2.45) is 0 Å². The number of aromatic carboxylic acids is 1. The van der Waals surface area contributed by atoms with E-state index in [-0.39, 0.29) is 11.5 Å². The molecule has 7 heteroatoms. The van der Waals surface area contributed by atoms with Crippen LogP contribution in [0, 0.1) is 0 Å². The maximum atomic E-state index is 12.2. The standard InChI is InChI=1S/C14H11BrClNO3S/c1-2-8-6-10(14(19)20)13(21-8)17-12(18)9-4-3-7(16)5-11(9)15/h3-6H,2H2,1H3,(H,17,18)(H,19,20). The summed E-state index contributed by atoms with van der Waals surface area (Å²) < 4.78 is 0.552. The zero-order valence-corrected chi connectivity index (χ0v) is 14.1. The number of hydrogen-bond acceptors (Lipinski definition) is 3. The monoisotopic (exact) mass is 387 g/mol. The van der Waals surface area contributed by atoms with Gasteiger partial charge in [0.15, 0.2) is 0 Å². The second-order valence-corrected chi connectivity index (χ2v) is 6.62. The zero-order chi connectivity index (χ0) is 15.6. The highest BCUT2D eigenvalue weighted by Crippen LogP contribution is 2.30. The van der Waals surface area contributed by atoms with Gasteiger partial charge in [-0.05, 0) is 46.6 Å². The highest BCUT2D eigenvalue weighted by atomic mass is 79.9. The SMILES string of the molecule is CCc1cc(C(=O)O)c(NC(=O)c2ccc(Cl)cc2Br)s1. The molecule has 2 rings (SSSR count). The summed E-state index contributed by atoms with van der Waals surface area (Å²) in [4.78, 5) is 24.4. The number of carboxylic acid groups (broad SMARTS) is 1. The molecular weight excluding hydrogens is 378 g/mol. The predicted molar refractivity (Wildman–Crippen MR) is 87.8 cm³/mol. The fraction of sp³-hybridized carbons (Fsp3) is 0.143. The minimum absolute atomic E-state index is 0.107. The van der Waals surface area contributed by atoms with Crippen molar-refractivity contribution in [1.29, 1.82) is 0 Å². The van der Waals surface area contributed by atoms with Crippen molar-refractivity contribution in [2.75, 3.05) is 5.32 Å². The van der Waals surface area contributed by atoms with Crippen LogP contribution >= 0.6 is 38.9 Å². The Bertz CT molecular complexity index is 714. The number of carboxylic acids is 1. The number of carbonyl (C=O) groups excluding carboxylic acids is 1. The summed E-state index contributed by atoms with van der Waals surface area (Å²) in [6, 6.07) is 6.38. The molecule has 0 radical (unpaired) electrons. The van der Waals surface area contributed by atoms with Crippen LogP contribution < -0.4 is 5.32 Å². The van der Waals surface area contributed by atoms with Crippen molar-refractivity contribution in [1.82, 2.24) is 0 Å². The van der Waals surface area contributed by atoms with E-state index in [2.05, 4.69) is 21.2 Å². The number of halogens is 2. The van der Waals surface area contributed by atoms with Crippen LogP contribution in [0.25, 0.3) is 0 Å². The van der Waals surface area contributed by atoms with Gasteiger partial charge in [0, 0.05) is 14.4 Å². The molecule has 0 aliphatic rings. The van der Waals surface area contributed by atoms with Gasteiger partial charge in [0.2, 0.25) is 0 Å². The zero-order valence-electron chi connectivity index (χ0n) is 10.9. The number of hydrogen-bond donors (Lipinski definition) is 2. The predicted octanol–water partition coefficient (Wildman–Crippen LogP) is 4.68. The molecule has 1 aromatic heterocycles. The highest BCUT2D eigenvalue weighted by molar-refractivity contribution is 9.10. The van der Waals surface area contributed by atoms with Crippen molar-refractivity contribution in [2.45, 2.75) is 13.3 Å². The Hall–Kier alpha value is -1.37. The normalized spacial score (nSPS) is 10.4. The summed E-state index contributed by atoms with van der Waals surface area (Å²) >= 11 is 10.4. The highest BCUT2D eigenvalue weighted by Gasteiger charge is 2.18. The number of anilines is 1. The van der Waals surface area contributed by atoms with Crippen molar-refractivity contribution >= 4 is 55.7 Å². The Morgan fingerprint density at radius 2 is 2.05 bits per heavy atom. The largest absolute Gasteiger partial charge is 0.478 e. The molecule has 4 nitrogen and oxygen atoms in total. The molecule has 0 fully saturated rings. The van der Waals surface area contributed by atoms with Gasteiger partial charge in [-0.25, -0.2) is 4.79 Å². The van der Waals surface area contributed by atoms with Gasteiger partial charge in [-0.2, -0.15) is 0 Å². The van der Waals surface area contributed by atoms with E-state index < -0.39 is 5.97 Å². The molecule has 0 atom stereocenters. The van der Waals surface area contributed by atoms with Crippen LogP contribution in [-0.2, 0) is 6.42 Å². The van der Waals surface area contributed by atoms with Gasteiger partial charge in [-0.3, -0.25) is 4.79 Å². The molecule has 0 bridgehead atoms. The van der Waals surface area contributed by atoms with Gasteiger partial charge in [-0.1, -0.05) is 18.5 Å². The molecular formula is C14H11BrClNO3S. The summed E-state index contributed by atoms with van der Waals surface area (Å²) in [6.07, 6.45) is 0.714. The number of carbonyl (C=O) groups is 2. The second-order valence-electron chi connectivity index (χ2n) is 4.19. The number of rotatable bonds is 4. The quantitative estimate of drug-likeness (QED) is 0.799. The number of thiophene rings is 1. The molecule has 0 unspecified atom stereocenters. The van der Waals surface area contributed by atoms with Crippen LogP contribution in [-0.4, -0.2) is 17.0 Å². The molecule has 0 aliphatic heterocycles. The molecule has 1 amide bonds. The molecule has 1 aromatic carbocycles. The van der Waals surface area contributed by atoms with E-state index in [0.717, 1.165) is 4.88 Å². The first-order chi connectivity index (χ1) is 9.92. The van der Waals surface area contributed by atoms with Crippen molar-refractivity contribution in [3.63, 3.8) is 0 Å². The molecule has 2 N–H and O–H groups in total. The molecule has 1 heterocycles. The van der Waals surface area contributed by atoms with Crippen LogP contribution in [0.1, 0.15) is 32.5 Å². The van der Waals surface area contributed by atoms with E-state index in [4.69, 9.17) is 11.6 Å². The summed E-state index contributed by atoms with van der Waals surface area (Å²) in [7, 11) is 0. The summed E-state index contributed by atoms with van der Waals surface area (Å²) in [5.41, 5.74) is 0.498. The van der Waals surface area contributed by atoms with Crippen LogP contribution in [0.2, 0.25) is 5.02 Å². The number of nitrogens with one attached hydrogen (secondary N) is 1. The maximum Gasteiger partial charge on any atom is 0.338 e. The third-order valence-electron chi connectivity index (χ3n) is 2.76. The topological polar surface area (TPSA) is 66.4 Å². The Balaban J connectivity index is 2.31. The number of aryl methyl sites for hydroxylation is 1. The van der Waals surface area contributed by atoms with Crippen LogP contribution in [0.3, 0.4) is 0 Å². The lowest BCUT2D eigenvalue weighted by atomic mass is 10.2. The van der Waals surface area contributed by atoms with Crippen molar-refractivity contribution in [3.05, 3.63) is 49.8 Å². The number of benzene rings is 1. The smallest absolute Gasteiger partial charge is 0.338 e. The first kappa shape index (κ1) is 16.0. The summed E-state index contributed by atoms with van der Waals surface area (Å²) in [5, 5.41) is 12.7. The molecule has 0 saturated carbocycles. The van der Waals surface area contributed by atoms with E-state index in [1.54, 1.807) is 24.3 Å². The Kier molecular flexibility index (Phi) is 5.03. The average molecular weight is 389 g/mol. The Morgan fingerprint density at radius 3 is 2.62 bits per heavy atom. The third kappa shape index (κ3) is 3.64. The first-order valence-electron chi connectivity index (χ1n) is 6.04.